The van der Waals surface area contributed by atoms with Crippen LogP contribution in [0.25, 0.3) is 11.3 Å². The Morgan fingerprint density at radius 3 is 2.82 bits per heavy atom. The van der Waals surface area contributed by atoms with E-state index in [1.807, 2.05) is 0 Å². The number of aromatic amines is 2. The maximum absolute atomic E-state index is 11.0. The highest BCUT2D eigenvalue weighted by Gasteiger charge is 2.14. The topological polar surface area (TPSA) is 78.1 Å². The Kier molecular flexibility index (Phi) is 2.97. The molecule has 6 heteroatoms. The van der Waals surface area contributed by atoms with Crippen LogP contribution in [0.5, 0.6) is 5.75 Å². The van der Waals surface area contributed by atoms with Gasteiger partial charge in [0.1, 0.15) is 5.75 Å². The van der Waals surface area contributed by atoms with Gasteiger partial charge in [-0.3, -0.25) is 0 Å². The van der Waals surface area contributed by atoms with Gasteiger partial charge in [0.15, 0.2) is 10.5 Å². The molecule has 0 bridgehead atoms. The zero-order valence-electron chi connectivity index (χ0n) is 8.98. The summed E-state index contributed by atoms with van der Waals surface area (Å²) in [6.45, 7) is 0. The third kappa shape index (κ3) is 2.21. The van der Waals surface area contributed by atoms with Crippen molar-refractivity contribution in [1.82, 2.24) is 9.97 Å². The highest BCUT2D eigenvalue weighted by molar-refractivity contribution is 7.71. The van der Waals surface area contributed by atoms with Gasteiger partial charge < -0.3 is 19.8 Å². The van der Waals surface area contributed by atoms with Crippen molar-refractivity contribution in [2.45, 2.75) is 0 Å². The number of nitrogens with one attached hydrogen (secondary N) is 2. The normalized spacial score (nSPS) is 10.2. The van der Waals surface area contributed by atoms with Crippen LogP contribution in [0, 0.1) is 4.77 Å². The minimum Gasteiger partial charge on any atom is -0.497 e. The summed E-state index contributed by atoms with van der Waals surface area (Å²) >= 11 is 4.90. The van der Waals surface area contributed by atoms with Gasteiger partial charge in [0.25, 0.3) is 0 Å². The van der Waals surface area contributed by atoms with Gasteiger partial charge in [-0.25, -0.2) is 4.79 Å². The molecular weight excluding hydrogens is 240 g/mol. The molecule has 0 saturated heterocycles. The summed E-state index contributed by atoms with van der Waals surface area (Å²) in [7, 11) is 1.55. The molecule has 17 heavy (non-hydrogen) atoms. The molecule has 0 aliphatic heterocycles. The molecule has 5 nitrogen and oxygen atoms in total. The number of hydrogen-bond donors (Lipinski definition) is 3. The van der Waals surface area contributed by atoms with Crippen molar-refractivity contribution in [3.8, 4) is 17.0 Å². The van der Waals surface area contributed by atoms with Gasteiger partial charge in [0, 0.05) is 5.56 Å². The lowest BCUT2D eigenvalue weighted by atomic mass is 10.1. The highest BCUT2D eigenvalue weighted by Crippen LogP contribution is 2.24. The lowest BCUT2D eigenvalue weighted by Gasteiger charge is -2.03. The summed E-state index contributed by atoms with van der Waals surface area (Å²) in [6.07, 6.45) is 0. The van der Waals surface area contributed by atoms with Crippen LogP contribution >= 0.6 is 12.2 Å². The van der Waals surface area contributed by atoms with Crippen LogP contribution in [0.2, 0.25) is 0 Å². The fraction of sp³-hybridized carbons (Fsp3) is 0.0909. The second kappa shape index (κ2) is 4.42. The van der Waals surface area contributed by atoms with E-state index in [9.17, 15) is 4.79 Å². The summed E-state index contributed by atoms with van der Waals surface area (Å²) < 4.78 is 5.36. The minimum atomic E-state index is -1.06. The van der Waals surface area contributed by atoms with Crippen molar-refractivity contribution in [2.75, 3.05) is 7.11 Å². The van der Waals surface area contributed by atoms with Gasteiger partial charge in [-0.1, -0.05) is 12.1 Å². The molecule has 88 valence electrons. The maximum Gasteiger partial charge on any atom is 0.354 e. The molecule has 0 atom stereocenters. The van der Waals surface area contributed by atoms with Crippen LogP contribution in [-0.4, -0.2) is 28.2 Å². The fourth-order valence-electron chi connectivity index (χ4n) is 1.54. The molecule has 0 fully saturated rings. The Morgan fingerprint density at radius 1 is 1.41 bits per heavy atom. The molecule has 2 aromatic rings. The first kappa shape index (κ1) is 11.4. The molecule has 1 aromatic heterocycles. The SMILES string of the molecule is COc1cccc(-c2[nH]c(=S)[nH]c2C(=O)O)c1. The van der Waals surface area contributed by atoms with Crippen LogP contribution < -0.4 is 4.74 Å². The number of carboxylic acids is 1. The summed E-state index contributed by atoms with van der Waals surface area (Å²) in [5.41, 5.74) is 1.19. The molecule has 0 radical (unpaired) electrons. The van der Waals surface area contributed by atoms with Crippen molar-refractivity contribution in [3.63, 3.8) is 0 Å². The first-order valence-electron chi connectivity index (χ1n) is 4.82. The predicted octanol–water partition coefficient (Wildman–Crippen LogP) is 2.45. The number of imidazole rings is 1. The smallest absolute Gasteiger partial charge is 0.354 e. The standard InChI is InChI=1S/C11H10N2O3S/c1-16-7-4-2-3-6(5-7)8-9(10(14)15)13-11(17)12-8/h2-5H,1H3,(H,14,15)(H2,12,13,17). The number of carbonyl (C=O) groups is 1. The summed E-state index contributed by atoms with van der Waals surface area (Å²) in [5, 5.41) is 9.04. The zero-order chi connectivity index (χ0) is 12.4. The monoisotopic (exact) mass is 250 g/mol. The maximum atomic E-state index is 11.0. The number of aromatic carboxylic acids is 1. The first-order chi connectivity index (χ1) is 8.11. The van der Waals surface area contributed by atoms with Crippen molar-refractivity contribution >= 4 is 18.2 Å². The molecule has 0 unspecified atom stereocenters. The van der Waals surface area contributed by atoms with Crippen molar-refractivity contribution in [2.24, 2.45) is 0 Å². The average molecular weight is 250 g/mol. The highest BCUT2D eigenvalue weighted by atomic mass is 32.1. The molecule has 0 aliphatic carbocycles. The second-order valence-corrected chi connectivity index (χ2v) is 3.77. The molecule has 0 saturated carbocycles. The van der Waals surface area contributed by atoms with Gasteiger partial charge >= 0.3 is 5.97 Å². The van der Waals surface area contributed by atoms with Gasteiger partial charge in [-0.2, -0.15) is 0 Å². The quantitative estimate of drug-likeness (QED) is 0.731. The second-order valence-electron chi connectivity index (χ2n) is 3.37. The molecule has 2 rings (SSSR count). The Hall–Kier alpha value is -2.08. The third-order valence-corrected chi connectivity index (χ3v) is 2.50. The van der Waals surface area contributed by atoms with Crippen molar-refractivity contribution in [3.05, 3.63) is 34.7 Å². The number of aromatic nitrogens is 2. The van der Waals surface area contributed by atoms with Crippen LogP contribution in [0.15, 0.2) is 24.3 Å². The molecular formula is C11H10N2O3S. The number of methoxy groups -OCH3 is 1. The fourth-order valence-corrected chi connectivity index (χ4v) is 1.74. The van der Waals surface area contributed by atoms with Gasteiger partial charge in [-0.05, 0) is 24.4 Å². The number of rotatable bonds is 3. The predicted molar refractivity (Wildman–Crippen MR) is 64.9 cm³/mol. The molecule has 0 aliphatic rings. The Bertz CT molecular complexity index is 615. The third-order valence-electron chi connectivity index (χ3n) is 2.30. The number of ether oxygens (including phenoxy) is 1. The van der Waals surface area contributed by atoms with E-state index in [2.05, 4.69) is 9.97 Å². The van der Waals surface area contributed by atoms with Crippen molar-refractivity contribution < 1.29 is 14.6 Å². The van der Waals surface area contributed by atoms with E-state index in [4.69, 9.17) is 22.1 Å². The zero-order valence-corrected chi connectivity index (χ0v) is 9.80. The van der Waals surface area contributed by atoms with Crippen LogP contribution in [0.4, 0.5) is 0 Å². The Labute approximate surface area is 102 Å². The summed E-state index contributed by atoms with van der Waals surface area (Å²) in [5.74, 6) is -0.408. The first-order valence-corrected chi connectivity index (χ1v) is 5.22. The summed E-state index contributed by atoms with van der Waals surface area (Å²) in [6, 6.07) is 7.08. The average Bonchev–Trinajstić information content (AvgIpc) is 2.72. The van der Waals surface area contributed by atoms with E-state index in [0.29, 0.717) is 17.0 Å². The van der Waals surface area contributed by atoms with Crippen LogP contribution in [0.3, 0.4) is 0 Å². The largest absolute Gasteiger partial charge is 0.497 e. The van der Waals surface area contributed by atoms with Gasteiger partial charge in [-0.15, -0.1) is 0 Å². The molecule has 3 N–H and O–H groups in total. The molecule has 0 spiro atoms. The number of hydrogen-bond acceptors (Lipinski definition) is 3. The van der Waals surface area contributed by atoms with Crippen LogP contribution in [-0.2, 0) is 0 Å². The Morgan fingerprint density at radius 2 is 2.18 bits per heavy atom. The van der Waals surface area contributed by atoms with Crippen LogP contribution in [0.1, 0.15) is 10.5 Å². The van der Waals surface area contributed by atoms with E-state index in [0.717, 1.165) is 0 Å². The number of carboxylic acid groups (broad SMARTS) is 1. The lowest BCUT2D eigenvalue weighted by molar-refractivity contribution is 0.0692. The van der Waals surface area contributed by atoms with E-state index in [1.165, 1.54) is 0 Å². The molecule has 1 aromatic carbocycles. The van der Waals surface area contributed by atoms with Gasteiger partial charge in [0.2, 0.25) is 0 Å². The van der Waals surface area contributed by atoms with Gasteiger partial charge in [0.05, 0.1) is 12.8 Å². The molecule has 1 heterocycles. The van der Waals surface area contributed by atoms with Crippen molar-refractivity contribution in [1.29, 1.82) is 0 Å². The minimum absolute atomic E-state index is 0.0447. The number of benzene rings is 1. The lowest BCUT2D eigenvalue weighted by Crippen LogP contribution is -1.99. The Balaban J connectivity index is 2.59. The van der Waals surface area contributed by atoms with E-state index >= 15 is 0 Å². The summed E-state index contributed by atoms with van der Waals surface area (Å²) in [4.78, 5) is 16.4. The number of H-pyrrole nitrogens is 2. The molecule has 0 amide bonds. The van der Waals surface area contributed by atoms with E-state index in [1.54, 1.807) is 31.4 Å². The van der Waals surface area contributed by atoms with E-state index < -0.39 is 5.97 Å². The van der Waals surface area contributed by atoms with E-state index in [-0.39, 0.29) is 10.5 Å².